The van der Waals surface area contributed by atoms with E-state index in [-0.39, 0.29) is 59.6 Å². The number of amides is 1. The molecule has 0 spiro atoms. The molecule has 4 atom stereocenters. The van der Waals surface area contributed by atoms with E-state index in [2.05, 4.69) is 10.6 Å². The van der Waals surface area contributed by atoms with Gasteiger partial charge in [-0.1, -0.05) is 19.1 Å². The van der Waals surface area contributed by atoms with Gasteiger partial charge in [0.2, 0.25) is 5.91 Å². The number of carbonyl (C=O) groups is 1. The van der Waals surface area contributed by atoms with Crippen LogP contribution in [0.4, 0.5) is 5.69 Å². The lowest BCUT2D eigenvalue weighted by Gasteiger charge is -2.44. The van der Waals surface area contributed by atoms with E-state index in [1.54, 1.807) is 11.0 Å². The molecule has 3 aliphatic heterocycles. The molecule has 0 radical (unpaired) electrons. The highest BCUT2D eigenvalue weighted by atomic mass is 32.2. The topological polar surface area (TPSA) is 113 Å². The molecule has 3 saturated heterocycles. The number of sulfone groups is 2. The summed E-state index contributed by atoms with van der Waals surface area (Å²) in [4.78, 5) is 14.5. The average Bonchev–Trinajstić information content (AvgIpc) is 3.08. The van der Waals surface area contributed by atoms with E-state index in [4.69, 9.17) is 0 Å². The fourth-order valence-corrected chi connectivity index (χ4v) is 8.51. The summed E-state index contributed by atoms with van der Waals surface area (Å²) in [5.41, 5.74) is 1.79. The zero-order valence-electron chi connectivity index (χ0n) is 15.7. The van der Waals surface area contributed by atoms with E-state index >= 15 is 0 Å². The Morgan fingerprint density at radius 1 is 1.07 bits per heavy atom. The highest BCUT2D eigenvalue weighted by Gasteiger charge is 2.54. The minimum atomic E-state index is -3.21. The molecule has 0 saturated carbocycles. The maximum atomic E-state index is 12.7. The van der Waals surface area contributed by atoms with Crippen LogP contribution >= 0.6 is 0 Å². The van der Waals surface area contributed by atoms with Gasteiger partial charge in [0.1, 0.15) is 0 Å². The van der Waals surface area contributed by atoms with Crippen molar-refractivity contribution in [3.8, 4) is 0 Å². The van der Waals surface area contributed by atoms with Crippen LogP contribution in [0.5, 0.6) is 0 Å². The van der Waals surface area contributed by atoms with Crippen LogP contribution < -0.4 is 10.6 Å². The van der Waals surface area contributed by atoms with Crippen LogP contribution in [0.15, 0.2) is 24.3 Å². The van der Waals surface area contributed by atoms with Crippen molar-refractivity contribution in [1.29, 1.82) is 0 Å². The summed E-state index contributed by atoms with van der Waals surface area (Å²) in [6.45, 7) is 2.01. The van der Waals surface area contributed by atoms with Gasteiger partial charge in [-0.3, -0.25) is 9.69 Å². The van der Waals surface area contributed by atoms with Crippen LogP contribution in [-0.2, 0) is 30.9 Å². The van der Waals surface area contributed by atoms with Gasteiger partial charge in [-0.25, -0.2) is 16.8 Å². The fourth-order valence-electron chi connectivity index (χ4n) is 4.62. The first-order valence-corrected chi connectivity index (χ1v) is 13.1. The standard InChI is InChI=1S/C18H25N3O5S2/c1-2-12-4-3-5-13(6-12)19-18(22)7-21-16-10-27(23,24)8-14(16)20-15-9-28(25,26)11-17(15)21/h3-6,14-17,20H,2,7-11H2,1H3,(H,19,22). The first-order valence-electron chi connectivity index (χ1n) is 9.47. The largest absolute Gasteiger partial charge is 0.325 e. The molecule has 1 amide bonds. The van der Waals surface area contributed by atoms with Crippen molar-refractivity contribution in [2.45, 2.75) is 37.5 Å². The smallest absolute Gasteiger partial charge is 0.238 e. The van der Waals surface area contributed by atoms with Crippen molar-refractivity contribution < 1.29 is 21.6 Å². The van der Waals surface area contributed by atoms with Crippen molar-refractivity contribution in [2.24, 2.45) is 0 Å². The van der Waals surface area contributed by atoms with E-state index in [0.29, 0.717) is 5.69 Å². The zero-order chi connectivity index (χ0) is 20.1. The van der Waals surface area contributed by atoms with Gasteiger partial charge in [0.15, 0.2) is 19.7 Å². The van der Waals surface area contributed by atoms with Crippen molar-refractivity contribution in [3.05, 3.63) is 29.8 Å². The van der Waals surface area contributed by atoms with Crippen LogP contribution in [0, 0.1) is 0 Å². The van der Waals surface area contributed by atoms with Gasteiger partial charge in [-0.05, 0) is 24.1 Å². The number of fused-ring (bicyclic) bond motifs is 2. The molecular formula is C18H25N3O5S2. The number of hydrogen-bond acceptors (Lipinski definition) is 7. The van der Waals surface area contributed by atoms with Gasteiger partial charge in [0.25, 0.3) is 0 Å². The molecule has 0 aliphatic carbocycles. The third-order valence-electron chi connectivity index (χ3n) is 5.87. The van der Waals surface area contributed by atoms with E-state index < -0.39 is 19.7 Å². The quantitative estimate of drug-likeness (QED) is 0.661. The second-order valence-electron chi connectivity index (χ2n) is 7.94. The highest BCUT2D eigenvalue weighted by molar-refractivity contribution is 7.92. The molecule has 1 aromatic carbocycles. The number of anilines is 1. The third kappa shape index (κ3) is 3.96. The summed E-state index contributed by atoms with van der Waals surface area (Å²) in [5.74, 6) is -0.393. The molecule has 4 rings (SSSR count). The molecule has 154 valence electrons. The lowest BCUT2D eigenvalue weighted by Crippen LogP contribution is -2.67. The summed E-state index contributed by atoms with van der Waals surface area (Å²) in [5, 5.41) is 6.09. The predicted molar refractivity (Wildman–Crippen MR) is 107 cm³/mol. The van der Waals surface area contributed by atoms with Crippen LogP contribution in [0.3, 0.4) is 0 Å². The number of piperazine rings is 1. The maximum absolute atomic E-state index is 12.7. The Labute approximate surface area is 165 Å². The molecule has 1 aromatic rings. The van der Waals surface area contributed by atoms with Crippen molar-refractivity contribution in [2.75, 3.05) is 34.9 Å². The minimum absolute atomic E-state index is 0.0163. The number of benzene rings is 1. The van der Waals surface area contributed by atoms with Gasteiger partial charge in [-0.15, -0.1) is 0 Å². The van der Waals surface area contributed by atoms with Gasteiger partial charge in [0.05, 0.1) is 29.6 Å². The number of nitrogens with zero attached hydrogens (tertiary/aromatic N) is 1. The molecule has 0 aromatic heterocycles. The molecule has 28 heavy (non-hydrogen) atoms. The number of carbonyl (C=O) groups excluding carboxylic acids is 1. The highest BCUT2D eigenvalue weighted by Crippen LogP contribution is 2.31. The molecular weight excluding hydrogens is 402 g/mol. The molecule has 3 aliphatic rings. The predicted octanol–water partition coefficient (Wildman–Crippen LogP) is -0.576. The SMILES string of the molecule is CCc1cccc(NC(=O)CN2C3CS(=O)(=O)CC3NC3CS(=O)(=O)CC32)c1. The van der Waals surface area contributed by atoms with Crippen molar-refractivity contribution in [3.63, 3.8) is 0 Å². The van der Waals surface area contributed by atoms with Crippen molar-refractivity contribution >= 4 is 31.3 Å². The Kier molecular flexibility index (Phi) is 5.01. The molecule has 3 heterocycles. The Balaban J connectivity index is 1.55. The summed E-state index contributed by atoms with van der Waals surface area (Å²) in [7, 11) is -6.42. The average molecular weight is 428 g/mol. The molecule has 10 heteroatoms. The van der Waals surface area contributed by atoms with E-state index in [9.17, 15) is 21.6 Å². The van der Waals surface area contributed by atoms with Gasteiger partial charge < -0.3 is 10.6 Å². The first-order chi connectivity index (χ1) is 13.2. The van der Waals surface area contributed by atoms with Crippen LogP contribution in [0.2, 0.25) is 0 Å². The normalized spacial score (nSPS) is 33.2. The zero-order valence-corrected chi connectivity index (χ0v) is 17.3. The molecule has 8 nitrogen and oxygen atoms in total. The Bertz CT molecular complexity index is 944. The minimum Gasteiger partial charge on any atom is -0.325 e. The van der Waals surface area contributed by atoms with E-state index in [1.165, 1.54) is 0 Å². The number of nitrogens with one attached hydrogen (secondary N) is 2. The monoisotopic (exact) mass is 427 g/mol. The maximum Gasteiger partial charge on any atom is 0.238 e. The second-order valence-corrected chi connectivity index (χ2v) is 12.3. The molecule has 2 N–H and O–H groups in total. The van der Waals surface area contributed by atoms with Gasteiger partial charge in [-0.2, -0.15) is 0 Å². The number of hydrogen-bond donors (Lipinski definition) is 2. The van der Waals surface area contributed by atoms with E-state index in [0.717, 1.165) is 12.0 Å². The molecule has 0 bridgehead atoms. The Hall–Kier alpha value is -1.49. The summed E-state index contributed by atoms with van der Waals surface area (Å²) in [6.07, 6.45) is 0.852. The Morgan fingerprint density at radius 3 is 2.25 bits per heavy atom. The third-order valence-corrected chi connectivity index (χ3v) is 9.30. The van der Waals surface area contributed by atoms with Gasteiger partial charge in [0, 0.05) is 29.9 Å². The summed E-state index contributed by atoms with van der Waals surface area (Å²) in [6, 6.07) is 6.12. The lowest BCUT2D eigenvalue weighted by molar-refractivity contribution is -0.119. The van der Waals surface area contributed by atoms with Crippen LogP contribution in [-0.4, -0.2) is 81.4 Å². The van der Waals surface area contributed by atoms with Crippen LogP contribution in [0.1, 0.15) is 12.5 Å². The summed E-state index contributed by atoms with van der Waals surface area (Å²) >= 11 is 0. The van der Waals surface area contributed by atoms with Gasteiger partial charge >= 0.3 is 0 Å². The molecule has 3 fully saturated rings. The Morgan fingerprint density at radius 2 is 1.68 bits per heavy atom. The number of aryl methyl sites for hydroxylation is 1. The van der Waals surface area contributed by atoms with Crippen molar-refractivity contribution in [1.82, 2.24) is 10.2 Å². The van der Waals surface area contributed by atoms with Crippen LogP contribution in [0.25, 0.3) is 0 Å². The first kappa shape index (κ1) is 19.8. The fraction of sp³-hybridized carbons (Fsp3) is 0.611. The van der Waals surface area contributed by atoms with E-state index in [1.807, 2.05) is 25.1 Å². The summed E-state index contributed by atoms with van der Waals surface area (Å²) < 4.78 is 48.6. The molecule has 4 unspecified atom stereocenters. The second kappa shape index (κ2) is 7.08. The lowest BCUT2D eigenvalue weighted by atomic mass is 9.97. The number of rotatable bonds is 4.